The Morgan fingerprint density at radius 2 is 2.05 bits per heavy atom. The van der Waals surface area contributed by atoms with E-state index in [2.05, 4.69) is 22.5 Å². The Hall–Kier alpha value is -1.91. The van der Waals surface area contributed by atoms with E-state index < -0.39 is 0 Å². The molecular weight excluding hydrogens is 242 g/mol. The van der Waals surface area contributed by atoms with Crippen LogP contribution in [0, 0.1) is 0 Å². The second-order valence-electron chi connectivity index (χ2n) is 4.43. The van der Waals surface area contributed by atoms with Gasteiger partial charge in [-0.3, -0.25) is 9.59 Å². The average molecular weight is 263 g/mol. The molecule has 104 valence electrons. The number of aromatic nitrogens is 1. The summed E-state index contributed by atoms with van der Waals surface area (Å²) >= 11 is 0. The molecule has 1 aromatic rings. The van der Waals surface area contributed by atoms with Crippen molar-refractivity contribution in [3.05, 3.63) is 23.9 Å². The number of nitrogens with one attached hydrogen (secondary N) is 2. The second kappa shape index (κ2) is 8.24. The first kappa shape index (κ1) is 15.1. The van der Waals surface area contributed by atoms with Crippen molar-refractivity contribution in [3.8, 4) is 0 Å². The molecule has 19 heavy (non-hydrogen) atoms. The topological polar surface area (TPSA) is 71.1 Å². The van der Waals surface area contributed by atoms with Gasteiger partial charge >= 0.3 is 0 Å². The van der Waals surface area contributed by atoms with E-state index in [9.17, 15) is 9.59 Å². The van der Waals surface area contributed by atoms with Gasteiger partial charge in [-0.25, -0.2) is 4.98 Å². The van der Waals surface area contributed by atoms with Gasteiger partial charge < -0.3 is 10.6 Å². The van der Waals surface area contributed by atoms with E-state index in [0.717, 1.165) is 12.8 Å². The van der Waals surface area contributed by atoms with Crippen molar-refractivity contribution in [2.45, 2.75) is 39.5 Å². The molecule has 0 aliphatic carbocycles. The number of hydrogen-bond donors (Lipinski definition) is 2. The highest BCUT2D eigenvalue weighted by atomic mass is 16.2. The summed E-state index contributed by atoms with van der Waals surface area (Å²) in [6, 6.07) is 3.20. The number of rotatable bonds is 7. The van der Waals surface area contributed by atoms with Crippen molar-refractivity contribution in [3.63, 3.8) is 0 Å². The van der Waals surface area contributed by atoms with E-state index in [1.54, 1.807) is 12.1 Å². The smallest absolute Gasteiger partial charge is 0.251 e. The Labute approximate surface area is 113 Å². The van der Waals surface area contributed by atoms with Crippen LogP contribution in [0.5, 0.6) is 0 Å². The van der Waals surface area contributed by atoms with Crippen LogP contribution in [-0.2, 0) is 4.79 Å². The Morgan fingerprint density at radius 1 is 1.26 bits per heavy atom. The summed E-state index contributed by atoms with van der Waals surface area (Å²) in [6.07, 6.45) is 6.00. The molecule has 0 radical (unpaired) electrons. The summed E-state index contributed by atoms with van der Waals surface area (Å²) < 4.78 is 0. The molecule has 0 saturated carbocycles. The molecule has 0 aliphatic heterocycles. The number of pyridine rings is 1. The Bertz CT molecular complexity index is 432. The minimum atomic E-state index is -0.204. The minimum absolute atomic E-state index is 0.134. The van der Waals surface area contributed by atoms with Gasteiger partial charge in [0.2, 0.25) is 5.91 Å². The van der Waals surface area contributed by atoms with E-state index in [1.807, 2.05) is 0 Å². The maximum atomic E-state index is 11.9. The van der Waals surface area contributed by atoms with Gasteiger partial charge in [0.15, 0.2) is 0 Å². The average Bonchev–Trinajstić information content (AvgIpc) is 2.38. The first-order valence-electron chi connectivity index (χ1n) is 6.65. The summed E-state index contributed by atoms with van der Waals surface area (Å²) in [5, 5.41) is 5.41. The number of unbranched alkanes of at least 4 members (excludes halogenated alkanes) is 3. The lowest BCUT2D eigenvalue weighted by Crippen LogP contribution is -2.24. The normalized spacial score (nSPS) is 10.0. The van der Waals surface area contributed by atoms with Crippen molar-refractivity contribution < 1.29 is 9.59 Å². The third kappa shape index (κ3) is 5.99. The molecule has 0 bridgehead atoms. The zero-order valence-corrected chi connectivity index (χ0v) is 11.5. The summed E-state index contributed by atoms with van der Waals surface area (Å²) in [7, 11) is 0. The van der Waals surface area contributed by atoms with Crippen LogP contribution in [-0.4, -0.2) is 23.3 Å². The maximum Gasteiger partial charge on any atom is 0.251 e. The predicted molar refractivity (Wildman–Crippen MR) is 75.0 cm³/mol. The summed E-state index contributed by atoms with van der Waals surface area (Å²) in [6.45, 7) is 4.23. The van der Waals surface area contributed by atoms with Gasteiger partial charge in [-0.2, -0.15) is 0 Å². The van der Waals surface area contributed by atoms with Gasteiger partial charge in [0.25, 0.3) is 5.91 Å². The Kier molecular flexibility index (Phi) is 6.57. The molecule has 5 heteroatoms. The fourth-order valence-corrected chi connectivity index (χ4v) is 1.68. The Morgan fingerprint density at radius 3 is 2.74 bits per heavy atom. The standard InChI is InChI=1S/C14H21N3O2/c1-3-4-5-6-8-16-14(19)12-7-9-15-13(10-12)17-11(2)18/h7,9-10H,3-6,8H2,1-2H3,(H,16,19)(H,15,17,18). The number of amides is 2. The van der Waals surface area contributed by atoms with E-state index in [0.29, 0.717) is 17.9 Å². The molecule has 2 N–H and O–H groups in total. The fraction of sp³-hybridized carbons (Fsp3) is 0.500. The van der Waals surface area contributed by atoms with Gasteiger partial charge in [-0.15, -0.1) is 0 Å². The molecule has 1 rings (SSSR count). The number of hydrogen-bond acceptors (Lipinski definition) is 3. The van der Waals surface area contributed by atoms with Crippen LogP contribution in [0.2, 0.25) is 0 Å². The van der Waals surface area contributed by atoms with E-state index >= 15 is 0 Å². The van der Waals surface area contributed by atoms with Gasteiger partial charge in [-0.05, 0) is 18.6 Å². The molecule has 1 aromatic heterocycles. The molecule has 1 heterocycles. The fourth-order valence-electron chi connectivity index (χ4n) is 1.68. The molecule has 0 atom stereocenters. The van der Waals surface area contributed by atoms with Crippen molar-refractivity contribution in [1.82, 2.24) is 10.3 Å². The molecule has 0 unspecified atom stereocenters. The molecule has 0 aliphatic rings. The highest BCUT2D eigenvalue weighted by Crippen LogP contribution is 2.07. The minimum Gasteiger partial charge on any atom is -0.352 e. The van der Waals surface area contributed by atoms with Crippen LogP contribution in [0.4, 0.5) is 5.82 Å². The SMILES string of the molecule is CCCCCCNC(=O)c1ccnc(NC(C)=O)c1. The summed E-state index contributed by atoms with van der Waals surface area (Å²) in [5.41, 5.74) is 0.509. The van der Waals surface area contributed by atoms with E-state index in [4.69, 9.17) is 0 Å². The first-order valence-corrected chi connectivity index (χ1v) is 6.65. The zero-order chi connectivity index (χ0) is 14.1. The lowest BCUT2D eigenvalue weighted by Gasteiger charge is -2.06. The first-order chi connectivity index (χ1) is 9.13. The van der Waals surface area contributed by atoms with Crippen LogP contribution in [0.15, 0.2) is 18.3 Å². The highest BCUT2D eigenvalue weighted by molar-refractivity contribution is 5.96. The lowest BCUT2D eigenvalue weighted by molar-refractivity contribution is -0.114. The van der Waals surface area contributed by atoms with Gasteiger partial charge in [-0.1, -0.05) is 26.2 Å². The van der Waals surface area contributed by atoms with Crippen molar-refractivity contribution in [2.24, 2.45) is 0 Å². The van der Waals surface area contributed by atoms with Gasteiger partial charge in [0.05, 0.1) is 0 Å². The number of nitrogens with zero attached hydrogens (tertiary/aromatic N) is 1. The second-order valence-corrected chi connectivity index (χ2v) is 4.43. The van der Waals surface area contributed by atoms with Crippen molar-refractivity contribution in [2.75, 3.05) is 11.9 Å². The lowest BCUT2D eigenvalue weighted by atomic mass is 10.2. The summed E-state index contributed by atoms with van der Waals surface area (Å²) in [5.74, 6) is 0.0567. The van der Waals surface area contributed by atoms with Crippen LogP contribution < -0.4 is 10.6 Å². The van der Waals surface area contributed by atoms with Crippen LogP contribution in [0.1, 0.15) is 49.9 Å². The molecule has 2 amide bonds. The third-order valence-electron chi connectivity index (χ3n) is 2.64. The third-order valence-corrected chi connectivity index (χ3v) is 2.64. The monoisotopic (exact) mass is 263 g/mol. The largest absolute Gasteiger partial charge is 0.352 e. The quantitative estimate of drug-likeness (QED) is 0.742. The number of carbonyl (C=O) groups is 2. The predicted octanol–water partition coefficient (Wildman–Crippen LogP) is 2.35. The zero-order valence-electron chi connectivity index (χ0n) is 11.5. The van der Waals surface area contributed by atoms with Crippen LogP contribution in [0.25, 0.3) is 0 Å². The molecular formula is C14H21N3O2. The number of carbonyl (C=O) groups excluding carboxylic acids is 2. The molecule has 0 aromatic carbocycles. The molecule has 5 nitrogen and oxygen atoms in total. The van der Waals surface area contributed by atoms with Crippen molar-refractivity contribution in [1.29, 1.82) is 0 Å². The van der Waals surface area contributed by atoms with Gasteiger partial charge in [0, 0.05) is 25.2 Å². The highest BCUT2D eigenvalue weighted by Gasteiger charge is 2.06. The molecule has 0 saturated heterocycles. The van der Waals surface area contributed by atoms with Crippen LogP contribution >= 0.6 is 0 Å². The maximum absolute atomic E-state index is 11.9. The molecule has 0 spiro atoms. The Balaban J connectivity index is 2.45. The van der Waals surface area contributed by atoms with Gasteiger partial charge in [0.1, 0.15) is 5.82 Å². The van der Waals surface area contributed by atoms with E-state index in [-0.39, 0.29) is 11.8 Å². The number of anilines is 1. The van der Waals surface area contributed by atoms with Crippen LogP contribution in [0.3, 0.4) is 0 Å². The molecule has 0 fully saturated rings. The summed E-state index contributed by atoms with van der Waals surface area (Å²) in [4.78, 5) is 26.7. The van der Waals surface area contributed by atoms with E-state index in [1.165, 1.54) is 26.0 Å². The van der Waals surface area contributed by atoms with Crippen molar-refractivity contribution >= 4 is 17.6 Å².